The molecule has 5 N–H and O–H groups in total. The third kappa shape index (κ3) is 2.01. The summed E-state index contributed by atoms with van der Waals surface area (Å²) in [6.45, 7) is 3.89. The molecule has 0 aliphatic rings. The maximum absolute atomic E-state index is 6.15. The zero-order valence-corrected chi connectivity index (χ0v) is 9.99. The lowest BCUT2D eigenvalue weighted by Crippen LogP contribution is -2.01. The first-order valence-electron chi connectivity index (χ1n) is 5.44. The molecule has 0 bridgehead atoms. The predicted molar refractivity (Wildman–Crippen MR) is 70.9 cm³/mol. The van der Waals surface area contributed by atoms with Gasteiger partial charge in [-0.3, -0.25) is 5.10 Å². The van der Waals surface area contributed by atoms with Gasteiger partial charge >= 0.3 is 0 Å². The van der Waals surface area contributed by atoms with Crippen LogP contribution in [-0.2, 0) is 0 Å². The van der Waals surface area contributed by atoms with E-state index in [1.165, 1.54) is 0 Å². The van der Waals surface area contributed by atoms with Crippen molar-refractivity contribution in [2.24, 2.45) is 5.73 Å². The second-order valence-corrected chi connectivity index (χ2v) is 4.01. The maximum Gasteiger partial charge on any atom is 0.153 e. The van der Waals surface area contributed by atoms with Gasteiger partial charge in [0.1, 0.15) is 0 Å². The Hall–Kier alpha value is -2.23. The zero-order valence-electron chi connectivity index (χ0n) is 9.99. The fourth-order valence-electron chi connectivity index (χ4n) is 1.89. The van der Waals surface area contributed by atoms with Gasteiger partial charge in [0.15, 0.2) is 5.82 Å². The number of H-pyrrole nitrogens is 1. The van der Waals surface area contributed by atoms with Crippen molar-refractivity contribution in [2.75, 3.05) is 5.73 Å². The van der Waals surface area contributed by atoms with Crippen molar-refractivity contribution >= 4 is 17.1 Å². The number of nitrogen functional groups attached to an aromatic ring is 1. The van der Waals surface area contributed by atoms with Gasteiger partial charge in [-0.15, -0.1) is 0 Å². The van der Waals surface area contributed by atoms with E-state index in [9.17, 15) is 0 Å². The minimum absolute atomic E-state index is 0.485. The molecule has 0 atom stereocenters. The minimum Gasteiger partial charge on any atom is -0.398 e. The first-order valence-corrected chi connectivity index (χ1v) is 5.44. The molecule has 0 radical (unpaired) electrons. The van der Waals surface area contributed by atoms with Gasteiger partial charge in [-0.05, 0) is 25.0 Å². The topological polar surface area (TPSA) is 80.7 Å². The highest BCUT2D eigenvalue weighted by molar-refractivity contribution is 5.91. The molecule has 1 aromatic carbocycles. The van der Waals surface area contributed by atoms with Crippen LogP contribution in [0.4, 0.5) is 5.82 Å². The molecular weight excluding hydrogens is 212 g/mol. The molecule has 0 unspecified atom stereocenters. The summed E-state index contributed by atoms with van der Waals surface area (Å²) in [5.41, 5.74) is 16.5. The van der Waals surface area contributed by atoms with Crippen molar-refractivity contribution in [3.8, 4) is 0 Å². The summed E-state index contributed by atoms with van der Waals surface area (Å²) < 4.78 is 0. The number of aromatic amines is 1. The van der Waals surface area contributed by atoms with Crippen LogP contribution in [0.15, 0.2) is 30.3 Å². The van der Waals surface area contributed by atoms with Crippen LogP contribution in [0.1, 0.15) is 23.7 Å². The van der Waals surface area contributed by atoms with Gasteiger partial charge < -0.3 is 11.5 Å². The summed E-state index contributed by atoms with van der Waals surface area (Å²) in [7, 11) is 0. The zero-order chi connectivity index (χ0) is 12.4. The average molecular weight is 228 g/mol. The fraction of sp³-hybridized carbons (Fsp3) is 0.154. The Labute approximate surface area is 100 Å². The molecule has 1 heterocycles. The minimum atomic E-state index is 0.485. The van der Waals surface area contributed by atoms with E-state index < -0.39 is 0 Å². The predicted octanol–water partition coefficient (Wildman–Crippen LogP) is 2.15. The lowest BCUT2D eigenvalue weighted by molar-refractivity contribution is 1.05. The van der Waals surface area contributed by atoms with E-state index in [2.05, 4.69) is 10.2 Å². The number of nitrogens with one attached hydrogen (secondary N) is 1. The molecule has 88 valence electrons. The SMILES string of the molecule is C/C(=C(/N)c1ccccc1)c1c(N)n[nH]c1C. The lowest BCUT2D eigenvalue weighted by atomic mass is 10.0. The number of rotatable bonds is 2. The highest BCUT2D eigenvalue weighted by Gasteiger charge is 2.12. The normalized spacial score (nSPS) is 12.4. The summed E-state index contributed by atoms with van der Waals surface area (Å²) in [6, 6.07) is 9.83. The standard InChI is InChI=1S/C13H16N4/c1-8(11-9(2)16-17-13(11)15)12(14)10-6-4-3-5-7-10/h3-7H,14H2,1-2H3,(H3,15,16,17)/b12-8-. The third-order valence-electron chi connectivity index (χ3n) is 2.84. The molecule has 0 fully saturated rings. The molecule has 4 nitrogen and oxygen atoms in total. The third-order valence-corrected chi connectivity index (χ3v) is 2.84. The Bertz CT molecular complexity index is 533. The van der Waals surface area contributed by atoms with Crippen molar-refractivity contribution in [1.82, 2.24) is 10.2 Å². The molecule has 0 saturated carbocycles. The van der Waals surface area contributed by atoms with Gasteiger partial charge in [0, 0.05) is 17.0 Å². The number of allylic oxidation sites excluding steroid dienone is 1. The van der Waals surface area contributed by atoms with E-state index in [-0.39, 0.29) is 0 Å². The number of benzene rings is 1. The Balaban J connectivity index is 2.53. The van der Waals surface area contributed by atoms with Gasteiger partial charge in [0.05, 0.1) is 0 Å². The van der Waals surface area contributed by atoms with Crippen molar-refractivity contribution in [2.45, 2.75) is 13.8 Å². The number of aryl methyl sites for hydroxylation is 1. The van der Waals surface area contributed by atoms with E-state index in [0.717, 1.165) is 28.1 Å². The van der Waals surface area contributed by atoms with Crippen molar-refractivity contribution in [3.63, 3.8) is 0 Å². The number of nitrogens with zero attached hydrogens (tertiary/aromatic N) is 1. The van der Waals surface area contributed by atoms with Gasteiger partial charge in [-0.2, -0.15) is 5.10 Å². The Morgan fingerprint density at radius 1 is 1.24 bits per heavy atom. The van der Waals surface area contributed by atoms with Crippen molar-refractivity contribution in [3.05, 3.63) is 47.2 Å². The van der Waals surface area contributed by atoms with Gasteiger partial charge in [-0.25, -0.2) is 0 Å². The number of nitrogens with two attached hydrogens (primary N) is 2. The second kappa shape index (κ2) is 4.33. The molecule has 2 rings (SSSR count). The van der Waals surface area contributed by atoms with Crippen LogP contribution in [0.3, 0.4) is 0 Å². The second-order valence-electron chi connectivity index (χ2n) is 4.01. The van der Waals surface area contributed by atoms with Gasteiger partial charge in [0.2, 0.25) is 0 Å². The summed E-state index contributed by atoms with van der Waals surface area (Å²) >= 11 is 0. The molecule has 4 heteroatoms. The van der Waals surface area contributed by atoms with Crippen LogP contribution >= 0.6 is 0 Å². The average Bonchev–Trinajstić information content (AvgIpc) is 2.68. The molecule has 0 aliphatic carbocycles. The van der Waals surface area contributed by atoms with E-state index in [1.54, 1.807) is 0 Å². The van der Waals surface area contributed by atoms with Crippen LogP contribution in [0, 0.1) is 6.92 Å². The van der Waals surface area contributed by atoms with Gasteiger partial charge in [-0.1, -0.05) is 30.3 Å². The highest BCUT2D eigenvalue weighted by Crippen LogP contribution is 2.27. The largest absolute Gasteiger partial charge is 0.398 e. The van der Waals surface area contributed by atoms with Crippen LogP contribution in [0.5, 0.6) is 0 Å². The summed E-state index contributed by atoms with van der Waals surface area (Å²) in [5, 5.41) is 6.84. The summed E-state index contributed by atoms with van der Waals surface area (Å²) in [5.74, 6) is 0.485. The Kier molecular flexibility index (Phi) is 2.87. The van der Waals surface area contributed by atoms with E-state index in [0.29, 0.717) is 5.82 Å². The molecule has 1 aromatic heterocycles. The van der Waals surface area contributed by atoms with Crippen LogP contribution < -0.4 is 11.5 Å². The van der Waals surface area contributed by atoms with Gasteiger partial charge in [0.25, 0.3) is 0 Å². The van der Waals surface area contributed by atoms with Crippen molar-refractivity contribution < 1.29 is 0 Å². The van der Waals surface area contributed by atoms with E-state index >= 15 is 0 Å². The molecule has 0 amide bonds. The molecule has 17 heavy (non-hydrogen) atoms. The number of aromatic nitrogens is 2. The Morgan fingerprint density at radius 2 is 1.88 bits per heavy atom. The molecule has 2 aromatic rings. The number of anilines is 1. The smallest absolute Gasteiger partial charge is 0.153 e. The summed E-state index contributed by atoms with van der Waals surface area (Å²) in [6.07, 6.45) is 0. The quantitative estimate of drug-likeness (QED) is 0.736. The maximum atomic E-state index is 6.15. The molecule has 0 aliphatic heterocycles. The first kappa shape index (κ1) is 11.3. The van der Waals surface area contributed by atoms with Crippen LogP contribution in [0.25, 0.3) is 11.3 Å². The number of hydrogen-bond donors (Lipinski definition) is 3. The first-order chi connectivity index (χ1) is 8.11. The summed E-state index contributed by atoms with van der Waals surface area (Å²) in [4.78, 5) is 0. The van der Waals surface area contributed by atoms with Crippen LogP contribution in [-0.4, -0.2) is 10.2 Å². The Morgan fingerprint density at radius 3 is 2.41 bits per heavy atom. The lowest BCUT2D eigenvalue weighted by Gasteiger charge is -2.08. The highest BCUT2D eigenvalue weighted by atomic mass is 15.2. The molecule has 0 saturated heterocycles. The van der Waals surface area contributed by atoms with E-state index in [1.807, 2.05) is 44.2 Å². The molecular formula is C13H16N4. The van der Waals surface area contributed by atoms with Crippen molar-refractivity contribution in [1.29, 1.82) is 0 Å². The number of hydrogen-bond acceptors (Lipinski definition) is 3. The van der Waals surface area contributed by atoms with E-state index in [4.69, 9.17) is 11.5 Å². The van der Waals surface area contributed by atoms with Crippen LogP contribution in [0.2, 0.25) is 0 Å². The fourth-order valence-corrected chi connectivity index (χ4v) is 1.89. The molecule has 0 spiro atoms. The monoisotopic (exact) mass is 228 g/mol.